The van der Waals surface area contributed by atoms with Gasteiger partial charge in [0.15, 0.2) is 0 Å². The van der Waals surface area contributed by atoms with Crippen LogP contribution >= 0.6 is 0 Å². The van der Waals surface area contributed by atoms with Crippen LogP contribution in [0.5, 0.6) is 11.5 Å². The predicted molar refractivity (Wildman–Crippen MR) is 167 cm³/mol. The average Bonchev–Trinajstić information content (AvgIpc) is 2.91. The summed E-state index contributed by atoms with van der Waals surface area (Å²) in [5, 5.41) is 0. The number of ether oxygens (including phenoxy) is 2. The predicted octanol–water partition coefficient (Wildman–Crippen LogP) is 11.5. The van der Waals surface area contributed by atoms with Gasteiger partial charge in [-0.2, -0.15) is 0 Å². The molecule has 2 aromatic carbocycles. The topological polar surface area (TPSA) is 18.5 Å². The van der Waals surface area contributed by atoms with E-state index in [4.69, 9.17) is 9.47 Å². The summed E-state index contributed by atoms with van der Waals surface area (Å²) in [6, 6.07) is 13.0. The highest BCUT2D eigenvalue weighted by Crippen LogP contribution is 2.27. The average molecular weight is 521 g/mol. The number of unbranched alkanes of at least 4 members (excludes halogenated alkanes) is 14. The van der Waals surface area contributed by atoms with E-state index in [9.17, 15) is 0 Å². The van der Waals surface area contributed by atoms with Crippen LogP contribution < -0.4 is 9.47 Å². The summed E-state index contributed by atoms with van der Waals surface area (Å²) in [5.41, 5.74) is 4.73. The first kappa shape index (κ1) is 32.0. The van der Waals surface area contributed by atoms with Crippen molar-refractivity contribution in [2.24, 2.45) is 0 Å². The normalized spacial score (nSPS) is 11.4. The SMILES string of the molecule is CCCCCCCCCCOc1cc(C)ccc1C=Cc1ccc(C)cc1OCCCCCCCCCC. The molecule has 0 aromatic heterocycles. The van der Waals surface area contributed by atoms with Gasteiger partial charge in [-0.05, 0) is 49.9 Å². The summed E-state index contributed by atoms with van der Waals surface area (Å²) in [6.07, 6.45) is 25.4. The van der Waals surface area contributed by atoms with Gasteiger partial charge in [-0.3, -0.25) is 0 Å². The molecule has 0 saturated carbocycles. The Balaban J connectivity index is 1.84. The van der Waals surface area contributed by atoms with Gasteiger partial charge >= 0.3 is 0 Å². The molecule has 0 amide bonds. The van der Waals surface area contributed by atoms with Crippen LogP contribution in [0.2, 0.25) is 0 Å². The summed E-state index contributed by atoms with van der Waals surface area (Å²) in [6.45, 7) is 10.4. The van der Waals surface area contributed by atoms with E-state index in [1.165, 1.54) is 101 Å². The van der Waals surface area contributed by atoms with E-state index in [-0.39, 0.29) is 0 Å². The van der Waals surface area contributed by atoms with Crippen LogP contribution in [0, 0.1) is 13.8 Å². The van der Waals surface area contributed by atoms with Crippen LogP contribution in [0.4, 0.5) is 0 Å². The van der Waals surface area contributed by atoms with Gasteiger partial charge in [0.25, 0.3) is 0 Å². The van der Waals surface area contributed by atoms with E-state index in [0.717, 1.165) is 48.7 Å². The fraction of sp³-hybridized carbons (Fsp3) is 0.611. The second-order valence-corrected chi connectivity index (χ2v) is 11.1. The third-order valence-corrected chi connectivity index (χ3v) is 7.29. The van der Waals surface area contributed by atoms with Crippen LogP contribution in [0.15, 0.2) is 36.4 Å². The zero-order valence-corrected chi connectivity index (χ0v) is 25.2. The molecule has 0 bridgehead atoms. The molecular weight excluding hydrogens is 464 g/mol. The van der Waals surface area contributed by atoms with Gasteiger partial charge in [-0.1, -0.05) is 140 Å². The Morgan fingerprint density at radius 1 is 0.474 bits per heavy atom. The first-order valence-electron chi connectivity index (χ1n) is 15.8. The van der Waals surface area contributed by atoms with Gasteiger partial charge in [0.1, 0.15) is 11.5 Å². The third kappa shape index (κ3) is 14.1. The molecule has 0 fully saturated rings. The van der Waals surface area contributed by atoms with Crippen molar-refractivity contribution in [2.75, 3.05) is 13.2 Å². The monoisotopic (exact) mass is 520 g/mol. The molecule has 2 nitrogen and oxygen atoms in total. The molecule has 0 aliphatic carbocycles. The van der Waals surface area contributed by atoms with E-state index in [2.05, 4.69) is 76.2 Å². The van der Waals surface area contributed by atoms with Crippen LogP contribution in [0.25, 0.3) is 12.2 Å². The number of aryl methyl sites for hydroxylation is 2. The Labute approximate surface area is 235 Å². The van der Waals surface area contributed by atoms with Crippen molar-refractivity contribution < 1.29 is 9.47 Å². The molecule has 0 spiro atoms. The Hall–Kier alpha value is -2.22. The summed E-state index contributed by atoms with van der Waals surface area (Å²) in [4.78, 5) is 0. The maximum absolute atomic E-state index is 6.25. The van der Waals surface area contributed by atoms with E-state index < -0.39 is 0 Å². The minimum absolute atomic E-state index is 0.788. The van der Waals surface area contributed by atoms with E-state index in [0.29, 0.717) is 0 Å². The van der Waals surface area contributed by atoms with Crippen molar-refractivity contribution in [1.29, 1.82) is 0 Å². The number of hydrogen-bond acceptors (Lipinski definition) is 2. The summed E-state index contributed by atoms with van der Waals surface area (Å²) < 4.78 is 12.5. The highest BCUT2D eigenvalue weighted by molar-refractivity contribution is 5.75. The number of benzene rings is 2. The lowest BCUT2D eigenvalue weighted by Gasteiger charge is -2.12. The second kappa shape index (κ2) is 20.7. The van der Waals surface area contributed by atoms with Crippen LogP contribution in [0.3, 0.4) is 0 Å². The van der Waals surface area contributed by atoms with Crippen molar-refractivity contribution in [3.63, 3.8) is 0 Å². The highest BCUT2D eigenvalue weighted by Gasteiger charge is 2.05. The lowest BCUT2D eigenvalue weighted by atomic mass is 10.1. The number of rotatable bonds is 22. The van der Waals surface area contributed by atoms with Gasteiger partial charge in [0.05, 0.1) is 13.2 Å². The van der Waals surface area contributed by atoms with Gasteiger partial charge in [-0.25, -0.2) is 0 Å². The van der Waals surface area contributed by atoms with Crippen LogP contribution in [-0.2, 0) is 0 Å². The quantitative estimate of drug-likeness (QED) is 0.113. The van der Waals surface area contributed by atoms with Crippen LogP contribution in [0.1, 0.15) is 139 Å². The molecule has 0 unspecified atom stereocenters. The van der Waals surface area contributed by atoms with Crippen molar-refractivity contribution in [3.8, 4) is 11.5 Å². The van der Waals surface area contributed by atoms with E-state index in [1.54, 1.807) is 0 Å². The molecule has 0 aliphatic rings. The lowest BCUT2D eigenvalue weighted by Crippen LogP contribution is -2.00. The summed E-state index contributed by atoms with van der Waals surface area (Å²) >= 11 is 0. The molecular formula is C36H56O2. The zero-order chi connectivity index (χ0) is 27.3. The summed E-state index contributed by atoms with van der Waals surface area (Å²) in [7, 11) is 0. The maximum atomic E-state index is 6.25. The van der Waals surface area contributed by atoms with Gasteiger partial charge < -0.3 is 9.47 Å². The zero-order valence-electron chi connectivity index (χ0n) is 25.2. The number of hydrogen-bond donors (Lipinski definition) is 0. The fourth-order valence-electron chi connectivity index (χ4n) is 4.82. The standard InChI is InChI=1S/C36H56O2/c1-5-7-9-11-13-15-17-19-27-37-35-29-31(3)21-23-33(35)25-26-34-24-22-32(4)30-36(34)38-28-20-18-16-14-12-10-8-6-2/h21-26,29-30H,5-20,27-28H2,1-4H3. The molecule has 0 N–H and O–H groups in total. The fourth-order valence-corrected chi connectivity index (χ4v) is 4.82. The second-order valence-electron chi connectivity index (χ2n) is 11.1. The molecule has 0 heterocycles. The molecule has 2 heteroatoms. The van der Waals surface area contributed by atoms with Gasteiger partial charge in [-0.15, -0.1) is 0 Å². The highest BCUT2D eigenvalue weighted by atomic mass is 16.5. The Bertz CT molecular complexity index is 825. The molecule has 0 saturated heterocycles. The molecule has 2 aromatic rings. The molecule has 0 atom stereocenters. The molecule has 38 heavy (non-hydrogen) atoms. The minimum atomic E-state index is 0.788. The maximum Gasteiger partial charge on any atom is 0.126 e. The van der Waals surface area contributed by atoms with Crippen molar-refractivity contribution in [2.45, 2.75) is 130 Å². The Kier molecular flexibility index (Phi) is 17.4. The van der Waals surface area contributed by atoms with E-state index in [1.807, 2.05) is 0 Å². The molecule has 0 radical (unpaired) electrons. The largest absolute Gasteiger partial charge is 0.493 e. The molecule has 2 rings (SSSR count). The Morgan fingerprint density at radius 3 is 1.18 bits per heavy atom. The van der Waals surface area contributed by atoms with Crippen molar-refractivity contribution in [3.05, 3.63) is 58.7 Å². The lowest BCUT2D eigenvalue weighted by molar-refractivity contribution is 0.303. The van der Waals surface area contributed by atoms with Crippen molar-refractivity contribution in [1.82, 2.24) is 0 Å². The molecule has 212 valence electrons. The first-order chi connectivity index (χ1) is 18.6. The van der Waals surface area contributed by atoms with E-state index >= 15 is 0 Å². The molecule has 0 aliphatic heterocycles. The van der Waals surface area contributed by atoms with Crippen LogP contribution in [-0.4, -0.2) is 13.2 Å². The smallest absolute Gasteiger partial charge is 0.126 e. The van der Waals surface area contributed by atoms with Crippen molar-refractivity contribution >= 4 is 12.2 Å². The Morgan fingerprint density at radius 2 is 0.816 bits per heavy atom. The van der Waals surface area contributed by atoms with Gasteiger partial charge in [0.2, 0.25) is 0 Å². The van der Waals surface area contributed by atoms with Gasteiger partial charge in [0, 0.05) is 11.1 Å². The first-order valence-corrected chi connectivity index (χ1v) is 15.8. The summed E-state index contributed by atoms with van der Waals surface area (Å²) in [5.74, 6) is 1.97. The third-order valence-electron chi connectivity index (χ3n) is 7.29. The minimum Gasteiger partial charge on any atom is -0.493 e.